The predicted octanol–water partition coefficient (Wildman–Crippen LogP) is 6.07. The Morgan fingerprint density at radius 2 is 0.500 bits per heavy atom. The van der Waals surface area contributed by atoms with E-state index in [1.54, 1.807) is 0 Å². The summed E-state index contributed by atoms with van der Waals surface area (Å²) < 4.78 is 0. The summed E-state index contributed by atoms with van der Waals surface area (Å²) in [6.45, 7) is 0. The second kappa shape index (κ2) is 8.19. The maximum Gasteiger partial charge on any atom is 3.00 e. The molecule has 0 amide bonds. The predicted molar refractivity (Wildman–Crippen MR) is 105 cm³/mol. The molecule has 0 saturated carbocycles. The van der Waals surface area contributed by atoms with Crippen molar-refractivity contribution in [2.24, 2.45) is 0 Å². The molecule has 0 unspecified atom stereocenters. The first-order valence-corrected chi connectivity index (χ1v) is 8.64. The molecule has 0 bridgehead atoms. The van der Waals surface area contributed by atoms with Crippen LogP contribution < -0.4 is 0 Å². The smallest absolute Gasteiger partial charge is 0.0622 e. The van der Waals surface area contributed by atoms with Gasteiger partial charge in [0.25, 0.3) is 0 Å². The molecule has 0 aliphatic carbocycles. The molecule has 0 heterocycles. The standard InChI is InChI=1S/C25H20.Fe/c1-5-13-21(14-6-1)25(22-15-7-2-8-16-22,23-17-9-3-10-18-23)24-19-11-4-12-20-24;/h1-20H;/q;+3. The van der Waals surface area contributed by atoms with Crippen molar-refractivity contribution >= 4 is 0 Å². The average molecular weight is 376 g/mol. The van der Waals surface area contributed by atoms with Gasteiger partial charge in [-0.25, -0.2) is 0 Å². The summed E-state index contributed by atoms with van der Waals surface area (Å²) in [5, 5.41) is 0. The van der Waals surface area contributed by atoms with Gasteiger partial charge >= 0.3 is 17.1 Å². The number of hydrogen-bond donors (Lipinski definition) is 0. The van der Waals surface area contributed by atoms with Crippen LogP contribution in [0.3, 0.4) is 0 Å². The third-order valence-electron chi connectivity index (χ3n) is 4.83. The molecule has 0 aliphatic heterocycles. The molecule has 4 aromatic carbocycles. The van der Waals surface area contributed by atoms with E-state index in [4.69, 9.17) is 0 Å². The van der Waals surface area contributed by atoms with Gasteiger partial charge in [0.05, 0.1) is 5.41 Å². The first-order chi connectivity index (χ1) is 12.4. The fourth-order valence-corrected chi connectivity index (χ4v) is 3.75. The monoisotopic (exact) mass is 376 g/mol. The maximum atomic E-state index is 2.23. The van der Waals surface area contributed by atoms with E-state index in [0.717, 1.165) is 0 Å². The van der Waals surface area contributed by atoms with Crippen LogP contribution in [0.15, 0.2) is 121 Å². The van der Waals surface area contributed by atoms with Gasteiger partial charge in [-0.15, -0.1) is 0 Å². The van der Waals surface area contributed by atoms with Crippen LogP contribution >= 0.6 is 0 Å². The Balaban J connectivity index is 0.00000196. The van der Waals surface area contributed by atoms with E-state index in [1.807, 2.05) is 0 Å². The van der Waals surface area contributed by atoms with Crippen LogP contribution in [0, 0.1) is 0 Å². The van der Waals surface area contributed by atoms with Crippen LogP contribution in [0.1, 0.15) is 22.3 Å². The van der Waals surface area contributed by atoms with Gasteiger partial charge in [0, 0.05) is 0 Å². The number of rotatable bonds is 4. The van der Waals surface area contributed by atoms with Crippen molar-refractivity contribution in [3.63, 3.8) is 0 Å². The van der Waals surface area contributed by atoms with Gasteiger partial charge in [0.1, 0.15) is 0 Å². The van der Waals surface area contributed by atoms with E-state index in [0.29, 0.717) is 0 Å². The maximum absolute atomic E-state index is 2.23. The number of benzene rings is 4. The van der Waals surface area contributed by atoms with E-state index in [-0.39, 0.29) is 22.5 Å². The molecular weight excluding hydrogens is 356 g/mol. The zero-order valence-corrected chi connectivity index (χ0v) is 15.5. The van der Waals surface area contributed by atoms with E-state index in [9.17, 15) is 0 Å². The minimum Gasteiger partial charge on any atom is -0.0622 e. The van der Waals surface area contributed by atoms with Crippen molar-refractivity contribution in [2.75, 3.05) is 0 Å². The van der Waals surface area contributed by atoms with Gasteiger partial charge in [-0.1, -0.05) is 121 Å². The van der Waals surface area contributed by atoms with E-state index in [2.05, 4.69) is 121 Å². The van der Waals surface area contributed by atoms with Gasteiger partial charge in [-0.3, -0.25) is 0 Å². The summed E-state index contributed by atoms with van der Waals surface area (Å²) >= 11 is 0. The molecule has 1 radical (unpaired) electrons. The van der Waals surface area contributed by atoms with Gasteiger partial charge in [-0.2, -0.15) is 0 Å². The Kier molecular flexibility index (Phi) is 5.73. The van der Waals surface area contributed by atoms with Gasteiger partial charge < -0.3 is 0 Å². The van der Waals surface area contributed by atoms with Gasteiger partial charge in [0.2, 0.25) is 0 Å². The second-order valence-electron chi connectivity index (χ2n) is 6.21. The third kappa shape index (κ3) is 3.12. The minimum atomic E-state index is -0.328. The molecule has 26 heavy (non-hydrogen) atoms. The second-order valence-corrected chi connectivity index (χ2v) is 6.21. The van der Waals surface area contributed by atoms with Crippen molar-refractivity contribution in [2.45, 2.75) is 5.41 Å². The fourth-order valence-electron chi connectivity index (χ4n) is 3.75. The first-order valence-electron chi connectivity index (χ1n) is 8.64. The molecule has 4 rings (SSSR count). The minimum absolute atomic E-state index is 0. The summed E-state index contributed by atoms with van der Waals surface area (Å²) in [6, 6.07) is 43.1. The van der Waals surface area contributed by atoms with Gasteiger partial charge in [0.15, 0.2) is 0 Å². The quantitative estimate of drug-likeness (QED) is 0.300. The summed E-state index contributed by atoms with van der Waals surface area (Å²) in [7, 11) is 0. The first kappa shape index (κ1) is 18.2. The van der Waals surface area contributed by atoms with Crippen molar-refractivity contribution in [3.05, 3.63) is 144 Å². The largest absolute Gasteiger partial charge is 3.00 e. The van der Waals surface area contributed by atoms with Crippen LogP contribution in [0.2, 0.25) is 0 Å². The summed E-state index contributed by atoms with van der Waals surface area (Å²) in [5.74, 6) is 0. The summed E-state index contributed by atoms with van der Waals surface area (Å²) in [4.78, 5) is 0. The molecule has 0 aromatic heterocycles. The van der Waals surface area contributed by atoms with E-state index < -0.39 is 0 Å². The molecular formula is C25H20Fe+3. The molecule has 4 aromatic rings. The van der Waals surface area contributed by atoms with Crippen LogP contribution in [0.5, 0.6) is 0 Å². The fraction of sp³-hybridized carbons (Fsp3) is 0.0400. The Hall–Kier alpha value is -2.60. The van der Waals surface area contributed by atoms with Crippen LogP contribution in [0.4, 0.5) is 0 Å². The summed E-state index contributed by atoms with van der Waals surface area (Å²) in [6.07, 6.45) is 0. The zero-order valence-electron chi connectivity index (χ0n) is 14.4. The Bertz CT molecular complexity index is 753. The molecule has 0 nitrogen and oxygen atoms in total. The molecule has 0 aliphatic rings. The normalized spacial score (nSPS) is 10.8. The molecule has 0 fully saturated rings. The van der Waals surface area contributed by atoms with E-state index >= 15 is 0 Å². The topological polar surface area (TPSA) is 0 Å². The average Bonchev–Trinajstić information content (AvgIpc) is 2.72. The van der Waals surface area contributed by atoms with Crippen LogP contribution in [0.25, 0.3) is 0 Å². The molecule has 0 saturated heterocycles. The van der Waals surface area contributed by atoms with Crippen molar-refractivity contribution in [3.8, 4) is 0 Å². The molecule has 0 spiro atoms. The Labute approximate surface area is 166 Å². The van der Waals surface area contributed by atoms with Gasteiger partial charge in [-0.05, 0) is 22.3 Å². The third-order valence-corrected chi connectivity index (χ3v) is 4.83. The molecule has 0 N–H and O–H groups in total. The van der Waals surface area contributed by atoms with Crippen LogP contribution in [-0.2, 0) is 22.5 Å². The zero-order chi connectivity index (χ0) is 17.0. The summed E-state index contributed by atoms with van der Waals surface area (Å²) in [5.41, 5.74) is 4.78. The van der Waals surface area contributed by atoms with Crippen LogP contribution in [-0.4, -0.2) is 0 Å². The number of hydrogen-bond acceptors (Lipinski definition) is 0. The SMILES string of the molecule is [Fe+3].c1ccc(C(c2ccccc2)(c2ccccc2)c2ccccc2)cc1. The van der Waals surface area contributed by atoms with Crippen molar-refractivity contribution < 1.29 is 17.1 Å². The van der Waals surface area contributed by atoms with Crippen molar-refractivity contribution in [1.29, 1.82) is 0 Å². The Morgan fingerprint density at radius 3 is 0.692 bits per heavy atom. The van der Waals surface area contributed by atoms with Crippen molar-refractivity contribution in [1.82, 2.24) is 0 Å². The Morgan fingerprint density at radius 1 is 0.308 bits per heavy atom. The molecule has 125 valence electrons. The molecule has 0 atom stereocenters. The van der Waals surface area contributed by atoms with E-state index in [1.165, 1.54) is 22.3 Å². The molecule has 1 heteroatoms.